The molecule has 0 aliphatic rings. The second kappa shape index (κ2) is 10.6. The molecule has 0 radical (unpaired) electrons. The van der Waals surface area contributed by atoms with Crippen molar-refractivity contribution in [3.8, 4) is 0 Å². The molecule has 0 bridgehead atoms. The summed E-state index contributed by atoms with van der Waals surface area (Å²) in [6, 6.07) is 0. The number of carbonyl (C=O) groups is 2. The maximum absolute atomic E-state index is 13.1. The van der Waals surface area contributed by atoms with Crippen LogP contribution in [0.2, 0.25) is 0 Å². The van der Waals surface area contributed by atoms with E-state index >= 15 is 0 Å². The molecular weight excluding hydrogens is 478 g/mol. The number of carboxylic acids is 1. The lowest BCUT2D eigenvalue weighted by molar-refractivity contribution is -0.284. The largest absolute Gasteiger partial charge is 0.480 e. The molecular formula is C16H24F5IO4. The Balaban J connectivity index is 5.34. The third-order valence-electron chi connectivity index (χ3n) is 4.18. The maximum atomic E-state index is 13.1. The first kappa shape index (κ1) is 25.3. The van der Waals surface area contributed by atoms with E-state index in [0.29, 0.717) is 23.7 Å². The quantitative estimate of drug-likeness (QED) is 0.0974. The van der Waals surface area contributed by atoms with Gasteiger partial charge in [0.2, 0.25) is 0 Å². The summed E-state index contributed by atoms with van der Waals surface area (Å²) in [6.07, 6.45) is -8.11. The number of hydrogen-bond donors (Lipinski definition) is 1. The molecule has 0 fully saturated rings. The van der Waals surface area contributed by atoms with Gasteiger partial charge in [0.1, 0.15) is 0 Å². The highest BCUT2D eigenvalue weighted by atomic mass is 127. The lowest BCUT2D eigenvalue weighted by atomic mass is 9.78. The van der Waals surface area contributed by atoms with E-state index in [1.165, 1.54) is 0 Å². The van der Waals surface area contributed by atoms with Crippen LogP contribution in [0, 0.1) is 5.41 Å². The molecule has 154 valence electrons. The van der Waals surface area contributed by atoms with Gasteiger partial charge < -0.3 is 9.84 Å². The Morgan fingerprint density at radius 2 is 1.58 bits per heavy atom. The minimum Gasteiger partial charge on any atom is -0.480 e. The molecule has 0 amide bonds. The minimum absolute atomic E-state index is 0.168. The van der Waals surface area contributed by atoms with Gasteiger partial charge in [0.05, 0.1) is 6.10 Å². The van der Waals surface area contributed by atoms with Gasteiger partial charge >= 0.3 is 24.0 Å². The van der Waals surface area contributed by atoms with Crippen LogP contribution in [0.25, 0.3) is 0 Å². The first-order valence-corrected chi connectivity index (χ1v) is 9.81. The molecule has 0 aromatic carbocycles. The van der Waals surface area contributed by atoms with Crippen molar-refractivity contribution >= 4 is 34.5 Å². The zero-order valence-corrected chi connectivity index (χ0v) is 16.8. The summed E-state index contributed by atoms with van der Waals surface area (Å²) < 4.78 is 68.8. The summed E-state index contributed by atoms with van der Waals surface area (Å²) in [6.45, 7) is 3.26. The molecule has 0 spiro atoms. The summed E-state index contributed by atoms with van der Waals surface area (Å²) in [5, 5.41) is 9.56. The van der Waals surface area contributed by atoms with Gasteiger partial charge in [0, 0.05) is 6.42 Å². The van der Waals surface area contributed by atoms with E-state index in [0.717, 1.165) is 0 Å². The van der Waals surface area contributed by atoms with Crippen molar-refractivity contribution in [1.29, 1.82) is 0 Å². The number of ether oxygens (including phenoxy) is 1. The van der Waals surface area contributed by atoms with E-state index in [4.69, 9.17) is 4.74 Å². The van der Waals surface area contributed by atoms with Gasteiger partial charge in [0.15, 0.2) is 5.41 Å². The summed E-state index contributed by atoms with van der Waals surface area (Å²) >= 11 is 2.06. The fraction of sp³-hybridized carbons (Fsp3) is 0.875. The second-order valence-corrected chi connectivity index (χ2v) is 7.29. The molecule has 1 N–H and O–H groups in total. The standard InChI is InChI=1S/C16H24F5IO4/c1-3-11(2)26-13(25)14(12(23)24,7-4-5-10-22)8-6-9-15(17,18)16(19,20)21/h11H,3-10H2,1-2H3,(H,23,24). The SMILES string of the molecule is CCC(C)OC(=O)C(CCCCI)(CCCC(F)(F)C(F)(F)F)C(=O)O. The van der Waals surface area contributed by atoms with Crippen LogP contribution in [0.15, 0.2) is 0 Å². The van der Waals surface area contributed by atoms with Gasteiger partial charge in [-0.25, -0.2) is 0 Å². The van der Waals surface area contributed by atoms with E-state index in [-0.39, 0.29) is 6.42 Å². The smallest absolute Gasteiger partial charge is 0.453 e. The topological polar surface area (TPSA) is 63.6 Å². The molecule has 10 heteroatoms. The van der Waals surface area contributed by atoms with Crippen LogP contribution in [0.5, 0.6) is 0 Å². The number of alkyl halides is 6. The predicted octanol–water partition coefficient (Wildman–Crippen LogP) is 5.37. The van der Waals surface area contributed by atoms with Crippen molar-refractivity contribution in [3.05, 3.63) is 0 Å². The van der Waals surface area contributed by atoms with Gasteiger partial charge in [-0.3, -0.25) is 9.59 Å². The van der Waals surface area contributed by atoms with Crippen molar-refractivity contribution in [2.24, 2.45) is 5.41 Å². The van der Waals surface area contributed by atoms with Crippen LogP contribution in [-0.2, 0) is 14.3 Å². The Bertz CT molecular complexity index is 470. The molecule has 0 heterocycles. The molecule has 0 saturated carbocycles. The Morgan fingerprint density at radius 3 is 2.00 bits per heavy atom. The normalized spacial score (nSPS) is 16.0. The zero-order chi connectivity index (χ0) is 20.6. The number of esters is 1. The van der Waals surface area contributed by atoms with Gasteiger partial charge in [-0.1, -0.05) is 35.9 Å². The average molecular weight is 502 g/mol. The lowest BCUT2D eigenvalue weighted by Crippen LogP contribution is -2.43. The molecule has 0 saturated heterocycles. The van der Waals surface area contributed by atoms with Crippen LogP contribution in [0.4, 0.5) is 22.0 Å². The van der Waals surface area contributed by atoms with Crippen LogP contribution >= 0.6 is 22.6 Å². The summed E-state index contributed by atoms with van der Waals surface area (Å²) in [7, 11) is 0. The van der Waals surface area contributed by atoms with Gasteiger partial charge in [-0.05, 0) is 43.5 Å². The van der Waals surface area contributed by atoms with Gasteiger partial charge in [0.25, 0.3) is 0 Å². The highest BCUT2D eigenvalue weighted by molar-refractivity contribution is 14.1. The Hall–Kier alpha value is -0.680. The molecule has 2 atom stereocenters. The number of halogens is 6. The minimum atomic E-state index is -5.71. The summed E-state index contributed by atoms with van der Waals surface area (Å²) in [5.74, 6) is -7.57. The van der Waals surface area contributed by atoms with Crippen molar-refractivity contribution in [1.82, 2.24) is 0 Å². The Morgan fingerprint density at radius 1 is 1.04 bits per heavy atom. The number of hydrogen-bond acceptors (Lipinski definition) is 3. The average Bonchev–Trinajstić information content (AvgIpc) is 2.51. The fourth-order valence-electron chi connectivity index (χ4n) is 2.28. The third-order valence-corrected chi connectivity index (χ3v) is 4.94. The molecule has 2 unspecified atom stereocenters. The Kier molecular flexibility index (Phi) is 10.3. The number of rotatable bonds is 12. The van der Waals surface area contributed by atoms with Gasteiger partial charge in [-0.15, -0.1) is 0 Å². The molecule has 0 aromatic rings. The highest BCUT2D eigenvalue weighted by Crippen LogP contribution is 2.41. The molecule has 0 rings (SSSR count). The molecule has 0 aromatic heterocycles. The van der Waals surface area contributed by atoms with Crippen molar-refractivity contribution < 1.29 is 41.4 Å². The third kappa shape index (κ3) is 7.15. The Labute approximate surface area is 163 Å². The first-order valence-electron chi connectivity index (χ1n) is 8.29. The van der Waals surface area contributed by atoms with E-state index in [2.05, 4.69) is 22.6 Å². The summed E-state index contributed by atoms with van der Waals surface area (Å²) in [4.78, 5) is 24.2. The predicted molar refractivity (Wildman–Crippen MR) is 93.5 cm³/mol. The van der Waals surface area contributed by atoms with E-state index < -0.39 is 54.8 Å². The monoisotopic (exact) mass is 502 g/mol. The van der Waals surface area contributed by atoms with Gasteiger partial charge in [-0.2, -0.15) is 22.0 Å². The van der Waals surface area contributed by atoms with Crippen molar-refractivity contribution in [2.45, 2.75) is 77.0 Å². The highest BCUT2D eigenvalue weighted by Gasteiger charge is 2.57. The van der Waals surface area contributed by atoms with E-state index in [1.807, 2.05) is 0 Å². The van der Waals surface area contributed by atoms with Crippen LogP contribution in [0.3, 0.4) is 0 Å². The van der Waals surface area contributed by atoms with Crippen LogP contribution in [-0.4, -0.2) is 39.7 Å². The number of carboxylic acid groups (broad SMARTS) is 1. The van der Waals surface area contributed by atoms with E-state index in [9.17, 15) is 36.6 Å². The second-order valence-electron chi connectivity index (χ2n) is 6.21. The van der Waals surface area contributed by atoms with Crippen molar-refractivity contribution in [3.63, 3.8) is 0 Å². The lowest BCUT2D eigenvalue weighted by Gasteiger charge is -2.29. The fourth-order valence-corrected chi connectivity index (χ4v) is 2.82. The van der Waals surface area contributed by atoms with E-state index in [1.54, 1.807) is 13.8 Å². The van der Waals surface area contributed by atoms with Crippen LogP contribution < -0.4 is 0 Å². The molecule has 0 aliphatic carbocycles. The van der Waals surface area contributed by atoms with Crippen LogP contribution in [0.1, 0.15) is 58.8 Å². The summed E-state index contributed by atoms with van der Waals surface area (Å²) in [5.41, 5.74) is -2.11. The molecule has 26 heavy (non-hydrogen) atoms. The maximum Gasteiger partial charge on any atom is 0.453 e. The number of aliphatic carboxylic acids is 1. The molecule has 0 aliphatic heterocycles. The van der Waals surface area contributed by atoms with Crippen molar-refractivity contribution in [2.75, 3.05) is 4.43 Å². The zero-order valence-electron chi connectivity index (χ0n) is 14.7. The molecule has 4 nitrogen and oxygen atoms in total. The number of unbranched alkanes of at least 4 members (excludes halogenated alkanes) is 1. The number of carbonyl (C=O) groups excluding carboxylic acids is 1. The first-order chi connectivity index (χ1) is 11.8.